The Morgan fingerprint density at radius 3 is 2.19 bits per heavy atom. The number of nitrogens with one attached hydrogen (secondary N) is 1. The van der Waals surface area contributed by atoms with E-state index in [2.05, 4.69) is 5.32 Å². The molecular weight excluding hydrogens is 387 g/mol. The topological polar surface area (TPSA) is 81.4 Å². The van der Waals surface area contributed by atoms with Gasteiger partial charge in [0.05, 0.1) is 0 Å². The molecule has 0 heterocycles. The van der Waals surface area contributed by atoms with Crippen LogP contribution in [0.3, 0.4) is 0 Å². The molecule has 3 N–H and O–H groups in total. The Labute approximate surface area is 169 Å². The van der Waals surface area contributed by atoms with E-state index in [9.17, 15) is 9.59 Å². The molecular formula is C20H22Cl2N2O3. The molecule has 1 fully saturated rings. The predicted octanol–water partition coefficient (Wildman–Crippen LogP) is 3.23. The number of hydrogen-bond acceptors (Lipinski definition) is 4. The number of rotatable bonds is 8. The van der Waals surface area contributed by atoms with Gasteiger partial charge in [-0.05, 0) is 67.3 Å². The number of ether oxygens (including phenoxy) is 1. The number of ketones is 1. The van der Waals surface area contributed by atoms with Gasteiger partial charge >= 0.3 is 0 Å². The van der Waals surface area contributed by atoms with Crippen LogP contribution in [0.2, 0.25) is 5.02 Å². The monoisotopic (exact) mass is 408 g/mol. The van der Waals surface area contributed by atoms with E-state index in [0.717, 1.165) is 12.8 Å². The highest BCUT2D eigenvalue weighted by Crippen LogP contribution is 2.31. The Bertz CT molecular complexity index is 775. The third-order valence-electron chi connectivity index (χ3n) is 4.36. The molecule has 7 heteroatoms. The molecule has 2 aromatic rings. The Kier molecular flexibility index (Phi) is 7.66. The molecule has 1 amide bonds. The van der Waals surface area contributed by atoms with Crippen LogP contribution in [0.15, 0.2) is 48.5 Å². The fourth-order valence-electron chi connectivity index (χ4n) is 2.59. The fourth-order valence-corrected chi connectivity index (χ4v) is 2.72. The van der Waals surface area contributed by atoms with Gasteiger partial charge in [0, 0.05) is 28.7 Å². The molecule has 1 aliphatic carbocycles. The van der Waals surface area contributed by atoms with E-state index in [1.807, 2.05) is 0 Å². The minimum absolute atomic E-state index is 0. The zero-order chi connectivity index (χ0) is 18.5. The number of nitrogens with two attached hydrogens (primary N) is 1. The smallest absolute Gasteiger partial charge is 0.257 e. The van der Waals surface area contributed by atoms with Gasteiger partial charge in [0.15, 0.2) is 12.4 Å². The summed E-state index contributed by atoms with van der Waals surface area (Å²) in [4.78, 5) is 24.2. The van der Waals surface area contributed by atoms with Crippen molar-refractivity contribution in [2.24, 2.45) is 11.7 Å². The number of benzene rings is 2. The van der Waals surface area contributed by atoms with Crippen molar-refractivity contribution in [1.29, 1.82) is 0 Å². The van der Waals surface area contributed by atoms with Crippen LogP contribution in [0, 0.1) is 5.92 Å². The molecule has 0 radical (unpaired) electrons. The molecule has 0 bridgehead atoms. The van der Waals surface area contributed by atoms with Crippen molar-refractivity contribution in [1.82, 2.24) is 5.32 Å². The molecule has 0 saturated heterocycles. The summed E-state index contributed by atoms with van der Waals surface area (Å²) in [5.41, 5.74) is 7.05. The number of amides is 1. The molecule has 1 saturated carbocycles. The Morgan fingerprint density at radius 2 is 1.63 bits per heavy atom. The summed E-state index contributed by atoms with van der Waals surface area (Å²) >= 11 is 5.83. The van der Waals surface area contributed by atoms with Crippen molar-refractivity contribution in [2.75, 3.05) is 13.2 Å². The Hall–Kier alpha value is -2.08. The van der Waals surface area contributed by atoms with Crippen LogP contribution in [0.5, 0.6) is 5.75 Å². The molecule has 2 aromatic carbocycles. The first kappa shape index (κ1) is 21.2. The van der Waals surface area contributed by atoms with Gasteiger partial charge in [0.25, 0.3) is 5.91 Å². The normalized spacial score (nSPS) is 14.0. The van der Waals surface area contributed by atoms with Crippen LogP contribution < -0.4 is 15.8 Å². The Balaban J connectivity index is 0.00000261. The molecule has 1 unspecified atom stereocenters. The van der Waals surface area contributed by atoms with Gasteiger partial charge in [-0.2, -0.15) is 0 Å². The van der Waals surface area contributed by atoms with Crippen LogP contribution in [-0.2, 0) is 4.79 Å². The number of carbonyl (C=O) groups is 2. The van der Waals surface area contributed by atoms with E-state index in [0.29, 0.717) is 34.4 Å². The molecule has 0 spiro atoms. The molecule has 0 aromatic heterocycles. The van der Waals surface area contributed by atoms with Crippen LogP contribution >= 0.6 is 24.0 Å². The molecule has 1 atom stereocenters. The maximum absolute atomic E-state index is 12.4. The summed E-state index contributed by atoms with van der Waals surface area (Å²) in [7, 11) is 0. The SMILES string of the molecule is Cl.NC(CNC(=O)COc1ccc(C(=O)c2ccc(Cl)cc2)cc1)C1CC1. The maximum Gasteiger partial charge on any atom is 0.257 e. The third kappa shape index (κ3) is 6.24. The lowest BCUT2D eigenvalue weighted by Gasteiger charge is -2.12. The molecule has 27 heavy (non-hydrogen) atoms. The first-order chi connectivity index (χ1) is 12.5. The van der Waals surface area contributed by atoms with Crippen LogP contribution in [0.25, 0.3) is 0 Å². The van der Waals surface area contributed by atoms with Gasteiger partial charge in [-0.25, -0.2) is 0 Å². The minimum Gasteiger partial charge on any atom is -0.484 e. The van der Waals surface area contributed by atoms with Crippen molar-refractivity contribution >= 4 is 35.7 Å². The van der Waals surface area contributed by atoms with E-state index in [4.69, 9.17) is 22.1 Å². The van der Waals surface area contributed by atoms with Crippen LogP contribution in [0.4, 0.5) is 0 Å². The van der Waals surface area contributed by atoms with Crippen LogP contribution in [-0.4, -0.2) is 30.9 Å². The number of halogens is 2. The largest absolute Gasteiger partial charge is 0.484 e. The number of carbonyl (C=O) groups excluding carboxylic acids is 2. The average molecular weight is 409 g/mol. The lowest BCUT2D eigenvalue weighted by Crippen LogP contribution is -2.40. The highest BCUT2D eigenvalue weighted by Gasteiger charge is 2.28. The average Bonchev–Trinajstić information content (AvgIpc) is 3.50. The second kappa shape index (κ2) is 9.74. The van der Waals surface area contributed by atoms with Crippen molar-refractivity contribution in [3.63, 3.8) is 0 Å². The summed E-state index contributed by atoms with van der Waals surface area (Å²) in [6.07, 6.45) is 2.29. The minimum atomic E-state index is -0.206. The van der Waals surface area contributed by atoms with E-state index < -0.39 is 0 Å². The van der Waals surface area contributed by atoms with Crippen LogP contribution in [0.1, 0.15) is 28.8 Å². The van der Waals surface area contributed by atoms with E-state index in [1.165, 1.54) is 0 Å². The Morgan fingerprint density at radius 1 is 1.07 bits per heavy atom. The predicted molar refractivity (Wildman–Crippen MR) is 108 cm³/mol. The maximum atomic E-state index is 12.4. The molecule has 1 aliphatic rings. The summed E-state index contributed by atoms with van der Waals surface area (Å²) < 4.78 is 5.45. The zero-order valence-corrected chi connectivity index (χ0v) is 16.3. The summed E-state index contributed by atoms with van der Waals surface area (Å²) in [6.45, 7) is 0.392. The first-order valence-corrected chi connectivity index (χ1v) is 8.96. The molecule has 5 nitrogen and oxygen atoms in total. The highest BCUT2D eigenvalue weighted by molar-refractivity contribution is 6.30. The van der Waals surface area contributed by atoms with Gasteiger partial charge in [-0.15, -0.1) is 12.4 Å². The molecule has 3 rings (SSSR count). The second-order valence-corrected chi connectivity index (χ2v) is 6.89. The third-order valence-corrected chi connectivity index (χ3v) is 4.61. The van der Waals surface area contributed by atoms with Crippen molar-refractivity contribution < 1.29 is 14.3 Å². The van der Waals surface area contributed by atoms with Gasteiger partial charge in [-0.3, -0.25) is 9.59 Å². The second-order valence-electron chi connectivity index (χ2n) is 6.45. The van der Waals surface area contributed by atoms with E-state index >= 15 is 0 Å². The van der Waals surface area contributed by atoms with E-state index in [1.54, 1.807) is 48.5 Å². The summed E-state index contributed by atoms with van der Waals surface area (Å²) in [5, 5.41) is 3.36. The van der Waals surface area contributed by atoms with Crippen molar-refractivity contribution in [3.05, 3.63) is 64.7 Å². The van der Waals surface area contributed by atoms with Gasteiger partial charge in [0.1, 0.15) is 5.75 Å². The van der Waals surface area contributed by atoms with Crippen molar-refractivity contribution in [2.45, 2.75) is 18.9 Å². The zero-order valence-electron chi connectivity index (χ0n) is 14.7. The fraction of sp³-hybridized carbons (Fsp3) is 0.300. The molecule has 144 valence electrons. The van der Waals surface area contributed by atoms with Gasteiger partial charge in [-0.1, -0.05) is 11.6 Å². The van der Waals surface area contributed by atoms with Gasteiger partial charge < -0.3 is 15.8 Å². The summed E-state index contributed by atoms with van der Waals surface area (Å²) in [5.74, 6) is 0.767. The lowest BCUT2D eigenvalue weighted by atomic mass is 10.0. The van der Waals surface area contributed by atoms with E-state index in [-0.39, 0.29) is 36.7 Å². The van der Waals surface area contributed by atoms with Crippen molar-refractivity contribution in [3.8, 4) is 5.75 Å². The first-order valence-electron chi connectivity index (χ1n) is 8.58. The summed E-state index contributed by atoms with van der Waals surface area (Å²) in [6, 6.07) is 13.5. The quantitative estimate of drug-likeness (QED) is 0.656. The standard InChI is InChI=1S/C20H21ClN2O3.ClH/c21-16-7-3-14(4-8-16)20(25)15-5-9-17(10-6-15)26-12-19(24)23-11-18(22)13-1-2-13;/h3-10,13,18H,1-2,11-12,22H2,(H,23,24);1H. The lowest BCUT2D eigenvalue weighted by molar-refractivity contribution is -0.123. The molecule has 0 aliphatic heterocycles. The highest BCUT2D eigenvalue weighted by atomic mass is 35.5. The van der Waals surface area contributed by atoms with Gasteiger partial charge in [0.2, 0.25) is 0 Å². The number of hydrogen-bond donors (Lipinski definition) is 2.